The van der Waals surface area contributed by atoms with Crippen molar-refractivity contribution >= 4 is 40.5 Å². The van der Waals surface area contributed by atoms with Crippen molar-refractivity contribution in [2.24, 2.45) is 5.10 Å². The molecule has 0 aliphatic carbocycles. The van der Waals surface area contributed by atoms with E-state index in [4.69, 9.17) is 14.2 Å². The van der Waals surface area contributed by atoms with E-state index in [1.54, 1.807) is 54.6 Å². The SMILES string of the molecule is COc1ccc(C(=O)Oc2ccc3ccccc3c2/C=N/NC(=O)C(=O)Nc2ccccc2)cc1OC. The second-order valence-corrected chi connectivity index (χ2v) is 7.68. The molecule has 9 heteroatoms. The Morgan fingerprint density at radius 3 is 2.22 bits per heavy atom. The summed E-state index contributed by atoms with van der Waals surface area (Å²) in [6.07, 6.45) is 1.33. The van der Waals surface area contributed by atoms with Crippen LogP contribution in [0.25, 0.3) is 10.8 Å². The average Bonchev–Trinajstić information content (AvgIpc) is 2.93. The number of hydrazone groups is 1. The van der Waals surface area contributed by atoms with Gasteiger partial charge in [0.25, 0.3) is 0 Å². The highest BCUT2D eigenvalue weighted by Gasteiger charge is 2.17. The largest absolute Gasteiger partial charge is 0.493 e. The molecule has 2 N–H and O–H groups in total. The lowest BCUT2D eigenvalue weighted by atomic mass is 10.0. The average molecular weight is 498 g/mol. The van der Waals surface area contributed by atoms with Gasteiger partial charge in [-0.25, -0.2) is 10.2 Å². The maximum Gasteiger partial charge on any atom is 0.343 e. The van der Waals surface area contributed by atoms with Gasteiger partial charge in [0, 0.05) is 11.3 Å². The van der Waals surface area contributed by atoms with Crippen LogP contribution in [0.5, 0.6) is 17.2 Å². The first-order chi connectivity index (χ1) is 18.0. The third-order valence-corrected chi connectivity index (χ3v) is 5.35. The number of fused-ring (bicyclic) bond motifs is 1. The number of carbonyl (C=O) groups is 3. The smallest absolute Gasteiger partial charge is 0.343 e. The number of esters is 1. The van der Waals surface area contributed by atoms with Gasteiger partial charge in [-0.1, -0.05) is 48.5 Å². The molecule has 9 nitrogen and oxygen atoms in total. The zero-order valence-corrected chi connectivity index (χ0v) is 20.1. The van der Waals surface area contributed by atoms with Gasteiger partial charge >= 0.3 is 17.8 Å². The van der Waals surface area contributed by atoms with Crippen LogP contribution in [0.3, 0.4) is 0 Å². The van der Waals surface area contributed by atoms with E-state index in [9.17, 15) is 14.4 Å². The van der Waals surface area contributed by atoms with Crippen LogP contribution in [0.4, 0.5) is 5.69 Å². The Morgan fingerprint density at radius 1 is 0.757 bits per heavy atom. The Hall–Kier alpha value is -5.18. The Morgan fingerprint density at radius 2 is 1.46 bits per heavy atom. The highest BCUT2D eigenvalue weighted by molar-refractivity contribution is 6.39. The molecular weight excluding hydrogens is 474 g/mol. The van der Waals surface area contributed by atoms with E-state index < -0.39 is 17.8 Å². The summed E-state index contributed by atoms with van der Waals surface area (Å²) in [6, 6.07) is 24.1. The van der Waals surface area contributed by atoms with Crippen molar-refractivity contribution in [2.75, 3.05) is 19.5 Å². The molecule has 0 saturated heterocycles. The standard InChI is InChI=1S/C28H23N3O6/c1-35-24-15-13-19(16-25(24)36-2)28(34)37-23-14-12-18-8-6-7-11-21(18)22(23)17-29-31-27(33)26(32)30-20-9-4-3-5-10-20/h3-17H,1-2H3,(H,30,32)(H,31,33)/b29-17+. The maximum atomic E-state index is 12.9. The zero-order chi connectivity index (χ0) is 26.2. The molecule has 0 aliphatic heterocycles. The Balaban J connectivity index is 1.56. The van der Waals surface area contributed by atoms with E-state index in [0.717, 1.165) is 10.8 Å². The molecule has 0 fully saturated rings. The highest BCUT2D eigenvalue weighted by Crippen LogP contribution is 2.30. The van der Waals surface area contributed by atoms with E-state index in [1.807, 2.05) is 24.3 Å². The minimum atomic E-state index is -0.954. The number of benzene rings is 4. The maximum absolute atomic E-state index is 12.9. The molecule has 0 bridgehead atoms. The fourth-order valence-electron chi connectivity index (χ4n) is 3.54. The van der Waals surface area contributed by atoms with Gasteiger partial charge in [-0.05, 0) is 47.2 Å². The van der Waals surface area contributed by atoms with Gasteiger partial charge in [0.05, 0.1) is 26.0 Å². The summed E-state index contributed by atoms with van der Waals surface area (Å²) < 4.78 is 16.2. The molecule has 0 radical (unpaired) electrons. The number of rotatable bonds is 7. The molecule has 37 heavy (non-hydrogen) atoms. The lowest BCUT2D eigenvalue weighted by Crippen LogP contribution is -2.32. The first-order valence-corrected chi connectivity index (χ1v) is 11.2. The van der Waals surface area contributed by atoms with E-state index in [-0.39, 0.29) is 11.3 Å². The number of amides is 2. The number of nitrogens with zero attached hydrogens (tertiary/aromatic N) is 1. The molecular formula is C28H23N3O6. The molecule has 0 heterocycles. The quantitative estimate of drug-likeness (QED) is 0.130. The number of methoxy groups -OCH3 is 2. The predicted molar refractivity (Wildman–Crippen MR) is 139 cm³/mol. The zero-order valence-electron chi connectivity index (χ0n) is 20.1. The molecule has 2 amide bonds. The topological polar surface area (TPSA) is 115 Å². The molecule has 0 aliphatic rings. The van der Waals surface area contributed by atoms with E-state index in [0.29, 0.717) is 22.7 Å². The van der Waals surface area contributed by atoms with Gasteiger partial charge in [-0.2, -0.15) is 5.10 Å². The summed E-state index contributed by atoms with van der Waals surface area (Å²) in [7, 11) is 2.97. The van der Waals surface area contributed by atoms with Gasteiger partial charge in [0.1, 0.15) is 5.75 Å². The van der Waals surface area contributed by atoms with Crippen LogP contribution in [0.1, 0.15) is 15.9 Å². The predicted octanol–water partition coefficient (Wildman–Crippen LogP) is 4.17. The van der Waals surface area contributed by atoms with Crippen LogP contribution < -0.4 is 25.0 Å². The molecule has 0 atom stereocenters. The second kappa shape index (κ2) is 11.5. The van der Waals surface area contributed by atoms with Crippen molar-refractivity contribution in [1.82, 2.24) is 5.43 Å². The van der Waals surface area contributed by atoms with Crippen molar-refractivity contribution in [3.8, 4) is 17.2 Å². The van der Waals surface area contributed by atoms with Gasteiger partial charge in [-0.3, -0.25) is 9.59 Å². The molecule has 4 aromatic rings. The van der Waals surface area contributed by atoms with Gasteiger partial charge in [0.2, 0.25) is 0 Å². The van der Waals surface area contributed by atoms with Crippen LogP contribution in [-0.4, -0.2) is 38.2 Å². The molecule has 4 aromatic carbocycles. The molecule has 0 unspecified atom stereocenters. The summed E-state index contributed by atoms with van der Waals surface area (Å²) in [5, 5.41) is 8.00. The summed E-state index contributed by atoms with van der Waals surface area (Å²) >= 11 is 0. The fraction of sp³-hybridized carbons (Fsp3) is 0.0714. The Bertz CT molecular complexity index is 1480. The van der Waals surface area contributed by atoms with Crippen LogP contribution in [-0.2, 0) is 9.59 Å². The van der Waals surface area contributed by atoms with Gasteiger partial charge in [-0.15, -0.1) is 0 Å². The minimum absolute atomic E-state index is 0.213. The second-order valence-electron chi connectivity index (χ2n) is 7.68. The number of nitrogens with one attached hydrogen (secondary N) is 2. The Kier molecular flexibility index (Phi) is 7.75. The fourth-order valence-corrected chi connectivity index (χ4v) is 3.54. The summed E-state index contributed by atoms with van der Waals surface area (Å²) in [5.74, 6) is -1.38. The summed E-state index contributed by atoms with van der Waals surface area (Å²) in [4.78, 5) is 37.3. The third-order valence-electron chi connectivity index (χ3n) is 5.35. The van der Waals surface area contributed by atoms with Crippen LogP contribution in [0.2, 0.25) is 0 Å². The number of anilines is 1. The van der Waals surface area contributed by atoms with Crippen molar-refractivity contribution in [1.29, 1.82) is 0 Å². The van der Waals surface area contributed by atoms with Crippen LogP contribution in [0, 0.1) is 0 Å². The Labute approximate surface area is 212 Å². The number of hydrogen-bond donors (Lipinski definition) is 2. The van der Waals surface area contributed by atoms with Crippen molar-refractivity contribution in [3.63, 3.8) is 0 Å². The number of ether oxygens (including phenoxy) is 3. The highest BCUT2D eigenvalue weighted by atomic mass is 16.5. The monoisotopic (exact) mass is 497 g/mol. The third kappa shape index (κ3) is 5.91. The minimum Gasteiger partial charge on any atom is -0.493 e. The number of carbonyl (C=O) groups excluding carboxylic acids is 3. The normalized spacial score (nSPS) is 10.6. The van der Waals surface area contributed by atoms with Crippen molar-refractivity contribution < 1.29 is 28.6 Å². The lowest BCUT2D eigenvalue weighted by Gasteiger charge is -2.12. The van der Waals surface area contributed by atoms with Crippen LogP contribution in [0.15, 0.2) is 90.0 Å². The van der Waals surface area contributed by atoms with E-state index in [2.05, 4.69) is 15.8 Å². The van der Waals surface area contributed by atoms with E-state index >= 15 is 0 Å². The van der Waals surface area contributed by atoms with Crippen molar-refractivity contribution in [2.45, 2.75) is 0 Å². The molecule has 0 spiro atoms. The van der Waals surface area contributed by atoms with Crippen LogP contribution >= 0.6 is 0 Å². The molecule has 0 saturated carbocycles. The molecule has 0 aromatic heterocycles. The number of hydrogen-bond acceptors (Lipinski definition) is 7. The van der Waals surface area contributed by atoms with Crippen molar-refractivity contribution in [3.05, 3.63) is 96.1 Å². The van der Waals surface area contributed by atoms with E-state index in [1.165, 1.54) is 26.5 Å². The summed E-state index contributed by atoms with van der Waals surface area (Å²) in [6.45, 7) is 0. The number of para-hydroxylation sites is 1. The summed E-state index contributed by atoms with van der Waals surface area (Å²) in [5.41, 5.74) is 3.37. The van der Waals surface area contributed by atoms with Gasteiger partial charge in [0.15, 0.2) is 11.5 Å². The first-order valence-electron chi connectivity index (χ1n) is 11.2. The lowest BCUT2D eigenvalue weighted by molar-refractivity contribution is -0.136. The molecule has 186 valence electrons. The van der Waals surface area contributed by atoms with Gasteiger partial charge < -0.3 is 19.5 Å². The molecule has 4 rings (SSSR count). The first kappa shape index (κ1) is 24.9.